The largest absolute Gasteiger partial charge is 0.245 e. The van der Waals surface area contributed by atoms with E-state index in [1.807, 2.05) is 0 Å². The van der Waals surface area contributed by atoms with Crippen LogP contribution in [0.15, 0.2) is 0 Å². The molecule has 0 bridgehead atoms. The van der Waals surface area contributed by atoms with Gasteiger partial charge in [0, 0.05) is 10.7 Å². The van der Waals surface area contributed by atoms with Gasteiger partial charge in [-0.25, -0.2) is 21.2 Å². The van der Waals surface area contributed by atoms with Gasteiger partial charge in [0.2, 0.25) is 9.05 Å². The summed E-state index contributed by atoms with van der Waals surface area (Å²) >= 11 is 0. The van der Waals surface area contributed by atoms with Crippen molar-refractivity contribution in [2.24, 2.45) is 0 Å². The first kappa shape index (κ1) is 10.2. The Morgan fingerprint density at radius 1 is 1.33 bits per heavy atom. The van der Waals surface area contributed by atoms with E-state index in [1.54, 1.807) is 0 Å². The minimum absolute atomic E-state index is 0.708. The standard InChI is InChI=1S/C4H6ClFO4S2/c5-12(9,10)4-2-11(7,8)1-3(4)6/h3-4H,1-2H2. The van der Waals surface area contributed by atoms with E-state index in [2.05, 4.69) is 0 Å². The number of hydrogen-bond donors (Lipinski definition) is 0. The Morgan fingerprint density at radius 2 is 1.83 bits per heavy atom. The highest BCUT2D eigenvalue weighted by molar-refractivity contribution is 8.15. The Hall–Kier alpha value is 0.120. The van der Waals surface area contributed by atoms with Gasteiger partial charge in [-0.1, -0.05) is 0 Å². The molecule has 8 heteroatoms. The highest BCUT2D eigenvalue weighted by Crippen LogP contribution is 2.24. The van der Waals surface area contributed by atoms with Crippen LogP contribution in [0.25, 0.3) is 0 Å². The normalized spacial score (nSPS) is 35.2. The van der Waals surface area contributed by atoms with Gasteiger partial charge in [0.05, 0.1) is 11.5 Å². The van der Waals surface area contributed by atoms with Gasteiger partial charge >= 0.3 is 0 Å². The number of alkyl halides is 1. The summed E-state index contributed by atoms with van der Waals surface area (Å²) in [4.78, 5) is 0. The molecule has 72 valence electrons. The molecule has 1 rings (SSSR count). The van der Waals surface area contributed by atoms with Crippen LogP contribution in [0, 0.1) is 0 Å². The van der Waals surface area contributed by atoms with E-state index in [1.165, 1.54) is 0 Å². The van der Waals surface area contributed by atoms with Crippen LogP contribution in [0.1, 0.15) is 0 Å². The van der Waals surface area contributed by atoms with E-state index in [4.69, 9.17) is 10.7 Å². The van der Waals surface area contributed by atoms with E-state index in [0.29, 0.717) is 0 Å². The molecule has 0 aliphatic carbocycles. The fourth-order valence-corrected chi connectivity index (χ4v) is 5.23. The number of rotatable bonds is 1. The van der Waals surface area contributed by atoms with Gasteiger partial charge in [-0.2, -0.15) is 0 Å². The number of halogens is 2. The molecule has 0 N–H and O–H groups in total. The van der Waals surface area contributed by atoms with Crippen molar-refractivity contribution < 1.29 is 21.2 Å². The molecule has 2 atom stereocenters. The van der Waals surface area contributed by atoms with Crippen LogP contribution in [0.3, 0.4) is 0 Å². The fourth-order valence-electron chi connectivity index (χ4n) is 1.03. The molecule has 0 aromatic carbocycles. The molecule has 12 heavy (non-hydrogen) atoms. The Labute approximate surface area is 74.1 Å². The summed E-state index contributed by atoms with van der Waals surface area (Å²) in [7, 11) is -2.84. The first-order valence-electron chi connectivity index (χ1n) is 3.00. The maximum atomic E-state index is 12.7. The van der Waals surface area contributed by atoms with Crippen LogP contribution in [0.4, 0.5) is 4.39 Å². The Morgan fingerprint density at radius 3 is 2.00 bits per heavy atom. The molecule has 2 unspecified atom stereocenters. The zero-order valence-electron chi connectivity index (χ0n) is 5.77. The van der Waals surface area contributed by atoms with E-state index in [9.17, 15) is 21.2 Å². The zero-order chi connectivity index (χ0) is 9.57. The third-order valence-electron chi connectivity index (χ3n) is 1.60. The molecule has 0 saturated carbocycles. The molecular formula is C4H6ClFO4S2. The summed E-state index contributed by atoms with van der Waals surface area (Å²) in [5.41, 5.74) is 0. The van der Waals surface area contributed by atoms with E-state index in [-0.39, 0.29) is 0 Å². The molecule has 1 fully saturated rings. The molecule has 1 aliphatic heterocycles. The van der Waals surface area contributed by atoms with Gasteiger partial charge < -0.3 is 0 Å². The van der Waals surface area contributed by atoms with Gasteiger partial charge in [0.25, 0.3) is 0 Å². The smallest absolute Gasteiger partial charge is 0.239 e. The summed E-state index contributed by atoms with van der Waals surface area (Å²) in [5.74, 6) is -1.45. The van der Waals surface area contributed by atoms with Crippen molar-refractivity contribution in [3.05, 3.63) is 0 Å². The molecule has 0 aromatic heterocycles. The molecule has 1 heterocycles. The third-order valence-corrected chi connectivity index (χ3v) is 5.37. The first-order chi connectivity index (χ1) is 5.22. The second kappa shape index (κ2) is 2.81. The van der Waals surface area contributed by atoms with E-state index in [0.717, 1.165) is 0 Å². The summed E-state index contributed by atoms with van der Waals surface area (Å²) in [5, 5.41) is -1.59. The van der Waals surface area contributed by atoms with Crippen molar-refractivity contribution in [3.63, 3.8) is 0 Å². The highest BCUT2D eigenvalue weighted by atomic mass is 35.7. The van der Waals surface area contributed by atoms with Crippen LogP contribution < -0.4 is 0 Å². The summed E-state index contributed by atoms with van der Waals surface area (Å²) in [6.45, 7) is 0. The number of hydrogen-bond acceptors (Lipinski definition) is 4. The zero-order valence-corrected chi connectivity index (χ0v) is 8.16. The molecule has 0 amide bonds. The van der Waals surface area contributed by atoms with Gasteiger partial charge in [0.15, 0.2) is 9.84 Å². The average Bonchev–Trinajstić information content (AvgIpc) is 2.03. The fraction of sp³-hybridized carbons (Fsp3) is 1.00. The van der Waals surface area contributed by atoms with Gasteiger partial charge in [-0.3, -0.25) is 0 Å². The molecular weight excluding hydrogens is 231 g/mol. The quantitative estimate of drug-likeness (QED) is 0.586. The topological polar surface area (TPSA) is 68.3 Å². The van der Waals surface area contributed by atoms with Crippen LogP contribution in [-0.4, -0.2) is 39.8 Å². The summed E-state index contributed by atoms with van der Waals surface area (Å²) in [6.07, 6.45) is -1.89. The van der Waals surface area contributed by atoms with Crippen LogP contribution in [0.5, 0.6) is 0 Å². The van der Waals surface area contributed by atoms with Crippen molar-refractivity contribution >= 4 is 29.6 Å². The molecule has 0 radical (unpaired) electrons. The SMILES string of the molecule is O=S1(=O)CC(F)C(S(=O)(=O)Cl)C1. The van der Waals surface area contributed by atoms with E-state index < -0.39 is 41.8 Å². The maximum absolute atomic E-state index is 12.7. The molecule has 0 spiro atoms. The van der Waals surface area contributed by atoms with Gasteiger partial charge in [-0.05, 0) is 0 Å². The summed E-state index contributed by atoms with van der Waals surface area (Å²) < 4.78 is 55.4. The van der Waals surface area contributed by atoms with Crippen molar-refractivity contribution in [3.8, 4) is 0 Å². The monoisotopic (exact) mass is 236 g/mol. The lowest BCUT2D eigenvalue weighted by Gasteiger charge is -2.04. The van der Waals surface area contributed by atoms with Crippen molar-refractivity contribution in [2.75, 3.05) is 11.5 Å². The van der Waals surface area contributed by atoms with Crippen LogP contribution in [-0.2, 0) is 18.9 Å². The van der Waals surface area contributed by atoms with Crippen molar-refractivity contribution in [2.45, 2.75) is 11.4 Å². The second-order valence-electron chi connectivity index (χ2n) is 2.61. The highest BCUT2D eigenvalue weighted by Gasteiger charge is 2.45. The minimum atomic E-state index is -4.10. The van der Waals surface area contributed by atoms with Gasteiger partial charge in [-0.15, -0.1) is 0 Å². The molecule has 1 aliphatic rings. The van der Waals surface area contributed by atoms with Crippen LogP contribution >= 0.6 is 10.7 Å². The van der Waals surface area contributed by atoms with Crippen molar-refractivity contribution in [1.29, 1.82) is 0 Å². The number of sulfone groups is 1. The molecule has 1 saturated heterocycles. The van der Waals surface area contributed by atoms with Gasteiger partial charge in [0.1, 0.15) is 11.4 Å². The lowest BCUT2D eigenvalue weighted by molar-refractivity contribution is 0.369. The van der Waals surface area contributed by atoms with E-state index >= 15 is 0 Å². The average molecular weight is 237 g/mol. The third kappa shape index (κ3) is 2.08. The van der Waals surface area contributed by atoms with Crippen molar-refractivity contribution in [1.82, 2.24) is 0 Å². The second-order valence-corrected chi connectivity index (χ2v) is 7.61. The maximum Gasteiger partial charge on any atom is 0.239 e. The Kier molecular flexibility index (Phi) is 2.39. The molecule has 0 aromatic rings. The lowest BCUT2D eigenvalue weighted by Crippen LogP contribution is -2.26. The molecule has 4 nitrogen and oxygen atoms in total. The predicted octanol–water partition coefficient (Wildman–Crippen LogP) is -0.310. The minimum Gasteiger partial charge on any atom is -0.245 e. The Balaban J connectivity index is 3.01. The Bertz CT molecular complexity index is 372. The lowest BCUT2D eigenvalue weighted by atomic mass is 10.3. The summed E-state index contributed by atoms with van der Waals surface area (Å²) in [6, 6.07) is 0. The predicted molar refractivity (Wildman–Crippen MR) is 42.1 cm³/mol. The first-order valence-corrected chi connectivity index (χ1v) is 7.20. The van der Waals surface area contributed by atoms with Crippen LogP contribution in [0.2, 0.25) is 0 Å².